The lowest BCUT2D eigenvalue weighted by molar-refractivity contribution is -0.116. The molecule has 0 fully saturated rings. The number of anilines is 1. The quantitative estimate of drug-likeness (QED) is 0.381. The largest absolute Gasteiger partial charge is 0.495 e. The van der Waals surface area contributed by atoms with E-state index in [1.165, 1.54) is 19.2 Å². The van der Waals surface area contributed by atoms with E-state index < -0.39 is 0 Å². The van der Waals surface area contributed by atoms with Crippen molar-refractivity contribution >= 4 is 34.2 Å². The Hall–Kier alpha value is -3.65. The second-order valence-electron chi connectivity index (χ2n) is 8.23. The maximum Gasteiger partial charge on any atom is 0.255 e. The number of pyridine rings is 1. The number of hydrogen-bond acceptors (Lipinski definition) is 4. The van der Waals surface area contributed by atoms with Gasteiger partial charge in [0, 0.05) is 29.6 Å². The monoisotopic (exact) mass is 496 g/mol. The minimum absolute atomic E-state index is 0.117. The number of carbonyl (C=O) groups is 1. The van der Waals surface area contributed by atoms with Crippen molar-refractivity contribution in [2.75, 3.05) is 12.4 Å². The molecule has 0 unspecified atom stereocenters. The van der Waals surface area contributed by atoms with E-state index in [-0.39, 0.29) is 30.1 Å². The van der Waals surface area contributed by atoms with Gasteiger partial charge in [0.2, 0.25) is 5.91 Å². The van der Waals surface area contributed by atoms with Crippen molar-refractivity contribution < 1.29 is 13.9 Å². The molecule has 0 atom stereocenters. The van der Waals surface area contributed by atoms with Gasteiger partial charge in [-0.05, 0) is 69.2 Å². The summed E-state index contributed by atoms with van der Waals surface area (Å²) in [5.74, 6) is -0.102. The number of benzene rings is 2. The van der Waals surface area contributed by atoms with Gasteiger partial charge in [-0.1, -0.05) is 17.7 Å². The minimum atomic E-state index is -0.383. The summed E-state index contributed by atoms with van der Waals surface area (Å²) < 4.78 is 22.3. The Labute approximate surface area is 207 Å². The Bertz CT molecular complexity index is 1490. The minimum Gasteiger partial charge on any atom is -0.495 e. The molecule has 0 aliphatic rings. The van der Waals surface area contributed by atoms with Crippen LogP contribution in [0.3, 0.4) is 0 Å². The van der Waals surface area contributed by atoms with Gasteiger partial charge in [-0.15, -0.1) is 0 Å². The number of carbonyl (C=O) groups excluding carboxylic acids is 1. The van der Waals surface area contributed by atoms with Gasteiger partial charge < -0.3 is 10.1 Å². The number of rotatable bonds is 7. The van der Waals surface area contributed by atoms with Crippen LogP contribution in [-0.2, 0) is 17.8 Å². The third-order valence-electron chi connectivity index (χ3n) is 6.03. The van der Waals surface area contributed by atoms with Gasteiger partial charge >= 0.3 is 0 Å². The van der Waals surface area contributed by atoms with Crippen LogP contribution in [-0.4, -0.2) is 27.4 Å². The fourth-order valence-corrected chi connectivity index (χ4v) is 4.61. The lowest BCUT2D eigenvalue weighted by Crippen LogP contribution is -2.27. The zero-order valence-electron chi connectivity index (χ0n) is 20.0. The van der Waals surface area contributed by atoms with Crippen molar-refractivity contribution in [1.82, 2.24) is 14.3 Å². The van der Waals surface area contributed by atoms with Crippen molar-refractivity contribution in [3.8, 4) is 11.4 Å². The molecule has 35 heavy (non-hydrogen) atoms. The molecule has 0 aliphatic carbocycles. The third kappa shape index (κ3) is 4.66. The van der Waals surface area contributed by atoms with Gasteiger partial charge in [-0.25, -0.2) is 9.07 Å². The lowest BCUT2D eigenvalue weighted by atomic mass is 10.0. The predicted octanol–water partition coefficient (Wildman–Crippen LogP) is 5.20. The maximum atomic E-state index is 13.9. The normalized spacial score (nSPS) is 11.1. The van der Waals surface area contributed by atoms with E-state index in [0.717, 1.165) is 16.6 Å². The van der Waals surface area contributed by atoms with E-state index in [2.05, 4.69) is 10.4 Å². The average Bonchev–Trinajstić information content (AvgIpc) is 3.16. The standard InChI is InChI=1S/C26H26ClFN4O3/c1-5-31-25-24(16(3)30-32(25)19-8-6-7-17(28)13-19)15(2)20(26(31)34)10-12-23(33)29-18-9-11-22(35-4)21(27)14-18/h6-9,11,13-14H,5,10,12H2,1-4H3,(H,29,33). The molecular formula is C26H26ClFN4O3. The van der Waals surface area contributed by atoms with Crippen LogP contribution in [0.1, 0.15) is 30.2 Å². The molecule has 0 saturated heterocycles. The summed E-state index contributed by atoms with van der Waals surface area (Å²) >= 11 is 6.14. The van der Waals surface area contributed by atoms with Gasteiger partial charge in [0.05, 0.1) is 23.5 Å². The maximum absolute atomic E-state index is 13.9. The topological polar surface area (TPSA) is 78.2 Å². The Kier molecular flexibility index (Phi) is 6.93. The Morgan fingerprint density at radius 2 is 1.97 bits per heavy atom. The van der Waals surface area contributed by atoms with Crippen molar-refractivity contribution in [3.63, 3.8) is 0 Å². The first-order chi connectivity index (χ1) is 16.7. The number of aryl methyl sites for hydroxylation is 3. The molecule has 4 rings (SSSR count). The summed E-state index contributed by atoms with van der Waals surface area (Å²) in [5.41, 5.74) is 3.57. The SMILES string of the molecule is CCn1c(=O)c(CCC(=O)Nc2ccc(OC)c(Cl)c2)c(C)c2c(C)nn(-c3cccc(F)c3)c21. The number of methoxy groups -OCH3 is 1. The number of nitrogens with zero attached hydrogens (tertiary/aromatic N) is 3. The number of nitrogens with one attached hydrogen (secondary N) is 1. The van der Waals surface area contributed by atoms with E-state index in [4.69, 9.17) is 16.3 Å². The van der Waals surface area contributed by atoms with Gasteiger partial charge in [-0.2, -0.15) is 5.10 Å². The van der Waals surface area contributed by atoms with Crippen LogP contribution in [0.4, 0.5) is 10.1 Å². The van der Waals surface area contributed by atoms with Crippen molar-refractivity contribution in [1.29, 1.82) is 0 Å². The van der Waals surface area contributed by atoms with Crippen molar-refractivity contribution in [2.24, 2.45) is 0 Å². The molecule has 2 aromatic heterocycles. The second-order valence-corrected chi connectivity index (χ2v) is 8.63. The Balaban J connectivity index is 1.67. The molecular weight excluding hydrogens is 471 g/mol. The molecule has 0 spiro atoms. The molecule has 2 heterocycles. The van der Waals surface area contributed by atoms with Crippen molar-refractivity contribution in [2.45, 2.75) is 40.2 Å². The molecule has 0 saturated carbocycles. The zero-order valence-corrected chi connectivity index (χ0v) is 20.7. The second kappa shape index (κ2) is 9.92. The molecule has 4 aromatic rings. The summed E-state index contributed by atoms with van der Waals surface area (Å²) in [6.07, 6.45) is 0.382. The summed E-state index contributed by atoms with van der Waals surface area (Å²) in [6, 6.07) is 11.1. The van der Waals surface area contributed by atoms with E-state index in [9.17, 15) is 14.0 Å². The fraction of sp³-hybridized carbons (Fsp3) is 0.269. The first-order valence-corrected chi connectivity index (χ1v) is 11.6. The number of aromatic nitrogens is 3. The molecule has 7 nitrogen and oxygen atoms in total. The average molecular weight is 497 g/mol. The van der Waals surface area contributed by atoms with E-state index in [1.54, 1.807) is 39.6 Å². The number of halogens is 2. The Morgan fingerprint density at radius 3 is 2.63 bits per heavy atom. The highest BCUT2D eigenvalue weighted by atomic mass is 35.5. The van der Waals surface area contributed by atoms with Gasteiger partial charge in [0.15, 0.2) is 0 Å². The molecule has 1 amide bonds. The highest BCUT2D eigenvalue weighted by molar-refractivity contribution is 6.32. The molecule has 0 bridgehead atoms. The van der Waals surface area contributed by atoms with Crippen LogP contribution >= 0.6 is 11.6 Å². The number of hydrogen-bond donors (Lipinski definition) is 1. The molecule has 1 N–H and O–H groups in total. The Morgan fingerprint density at radius 1 is 1.20 bits per heavy atom. The zero-order chi connectivity index (χ0) is 25.3. The molecule has 182 valence electrons. The third-order valence-corrected chi connectivity index (χ3v) is 6.32. The number of fused-ring (bicyclic) bond motifs is 1. The number of amides is 1. The molecule has 0 aliphatic heterocycles. The summed E-state index contributed by atoms with van der Waals surface area (Å²) in [6.45, 7) is 6.00. The highest BCUT2D eigenvalue weighted by Crippen LogP contribution is 2.28. The van der Waals surface area contributed by atoms with E-state index in [0.29, 0.717) is 39.9 Å². The van der Waals surface area contributed by atoms with Crippen molar-refractivity contribution in [3.05, 3.63) is 80.5 Å². The van der Waals surface area contributed by atoms with Gasteiger partial charge in [-0.3, -0.25) is 14.2 Å². The molecule has 0 radical (unpaired) electrons. The van der Waals surface area contributed by atoms with Crippen LogP contribution in [0.2, 0.25) is 5.02 Å². The number of ether oxygens (including phenoxy) is 1. The van der Waals surface area contributed by atoms with Gasteiger partial charge in [0.25, 0.3) is 5.56 Å². The smallest absolute Gasteiger partial charge is 0.255 e. The van der Waals surface area contributed by atoms with Crippen LogP contribution in [0.25, 0.3) is 16.7 Å². The van der Waals surface area contributed by atoms with E-state index in [1.807, 2.05) is 20.8 Å². The van der Waals surface area contributed by atoms with E-state index >= 15 is 0 Å². The van der Waals surface area contributed by atoms with Crippen LogP contribution in [0.15, 0.2) is 47.3 Å². The lowest BCUT2D eigenvalue weighted by Gasteiger charge is -2.14. The fourth-order valence-electron chi connectivity index (χ4n) is 4.36. The van der Waals surface area contributed by atoms with Gasteiger partial charge in [0.1, 0.15) is 17.2 Å². The summed E-state index contributed by atoms with van der Waals surface area (Å²) in [4.78, 5) is 26.1. The van der Waals surface area contributed by atoms with Crippen LogP contribution < -0.4 is 15.6 Å². The molecule has 2 aromatic carbocycles. The summed E-state index contributed by atoms with van der Waals surface area (Å²) in [5, 5.41) is 8.64. The predicted molar refractivity (Wildman–Crippen MR) is 135 cm³/mol. The summed E-state index contributed by atoms with van der Waals surface area (Å²) in [7, 11) is 1.52. The first-order valence-electron chi connectivity index (χ1n) is 11.3. The van der Waals surface area contributed by atoms with Crippen LogP contribution in [0, 0.1) is 19.7 Å². The van der Waals surface area contributed by atoms with Crippen LogP contribution in [0.5, 0.6) is 5.75 Å². The highest BCUT2D eigenvalue weighted by Gasteiger charge is 2.21. The molecule has 9 heteroatoms. The first kappa shape index (κ1) is 24.5.